The van der Waals surface area contributed by atoms with Gasteiger partial charge in [0.15, 0.2) is 0 Å². The minimum absolute atomic E-state index is 0.182. The Balaban J connectivity index is 2.05. The topological polar surface area (TPSA) is 43.7 Å². The van der Waals surface area contributed by atoms with Crippen LogP contribution in [0.1, 0.15) is 18.4 Å². The number of aliphatic hydroxyl groups excluding tert-OH is 1. The molecule has 0 radical (unpaired) electrons. The second-order valence-electron chi connectivity index (χ2n) is 4.07. The number of hydrogen-bond donors (Lipinski definition) is 2. The van der Waals surface area contributed by atoms with Gasteiger partial charge in [0.25, 0.3) is 0 Å². The van der Waals surface area contributed by atoms with E-state index in [0.717, 1.165) is 36.5 Å². The van der Waals surface area contributed by atoms with Crippen LogP contribution >= 0.6 is 12.2 Å². The Morgan fingerprint density at radius 2 is 1.75 bits per heavy atom. The van der Waals surface area contributed by atoms with Crippen molar-refractivity contribution in [3.63, 3.8) is 0 Å². The van der Waals surface area contributed by atoms with Crippen LogP contribution in [0.15, 0.2) is 24.3 Å². The minimum atomic E-state index is -0.182. The molecule has 1 aromatic rings. The first-order valence-electron chi connectivity index (χ1n) is 5.43. The zero-order valence-corrected chi connectivity index (χ0v) is 9.78. The molecule has 0 amide bonds. The molecule has 0 aliphatic carbocycles. The molecule has 1 fully saturated rings. The summed E-state index contributed by atoms with van der Waals surface area (Å²) in [7, 11) is 0. The van der Waals surface area contributed by atoms with Crippen molar-refractivity contribution >= 4 is 17.2 Å². The average molecular weight is 237 g/mol. The molecule has 2 rings (SSSR count). The number of phenols is 1. The van der Waals surface area contributed by atoms with Gasteiger partial charge in [0.2, 0.25) is 0 Å². The van der Waals surface area contributed by atoms with Crippen LogP contribution in [0.3, 0.4) is 0 Å². The number of aliphatic hydroxyl groups is 1. The van der Waals surface area contributed by atoms with Crippen molar-refractivity contribution in [2.75, 3.05) is 13.1 Å². The molecule has 86 valence electrons. The number of benzene rings is 1. The Morgan fingerprint density at radius 1 is 1.19 bits per heavy atom. The Bertz CT molecular complexity index is 369. The fourth-order valence-corrected chi connectivity index (χ4v) is 2.17. The summed E-state index contributed by atoms with van der Waals surface area (Å²) in [6.07, 6.45) is 1.37. The third-order valence-electron chi connectivity index (χ3n) is 2.87. The van der Waals surface area contributed by atoms with Crippen molar-refractivity contribution in [2.45, 2.75) is 18.9 Å². The maximum absolute atomic E-state index is 9.41. The van der Waals surface area contributed by atoms with Gasteiger partial charge in [-0.05, 0) is 37.1 Å². The van der Waals surface area contributed by atoms with E-state index < -0.39 is 0 Å². The Hall–Kier alpha value is -1.13. The summed E-state index contributed by atoms with van der Waals surface area (Å²) >= 11 is 5.39. The standard InChI is InChI=1S/C12H15NO2S/c14-10-3-1-9(2-4-10)12(16)13-7-5-11(15)6-8-13/h1-4,11,14-15H,5-8H2. The molecule has 16 heavy (non-hydrogen) atoms. The highest BCUT2D eigenvalue weighted by atomic mass is 32.1. The lowest BCUT2D eigenvalue weighted by Gasteiger charge is -2.31. The Kier molecular flexibility index (Phi) is 3.41. The van der Waals surface area contributed by atoms with E-state index in [2.05, 4.69) is 4.90 Å². The first-order chi connectivity index (χ1) is 7.66. The average Bonchev–Trinajstić information content (AvgIpc) is 2.30. The van der Waals surface area contributed by atoms with Crippen LogP contribution in [0.25, 0.3) is 0 Å². The van der Waals surface area contributed by atoms with Gasteiger partial charge in [-0.1, -0.05) is 12.2 Å². The second-order valence-corrected chi connectivity index (χ2v) is 4.46. The van der Waals surface area contributed by atoms with Crippen LogP contribution in [-0.2, 0) is 0 Å². The lowest BCUT2D eigenvalue weighted by atomic mass is 10.1. The van der Waals surface area contributed by atoms with Gasteiger partial charge in [-0.25, -0.2) is 0 Å². The number of nitrogens with zero attached hydrogens (tertiary/aromatic N) is 1. The van der Waals surface area contributed by atoms with E-state index >= 15 is 0 Å². The van der Waals surface area contributed by atoms with Gasteiger partial charge in [-0.3, -0.25) is 0 Å². The molecule has 1 heterocycles. The number of likely N-dealkylation sites (tertiary alicyclic amines) is 1. The summed E-state index contributed by atoms with van der Waals surface area (Å²) in [6.45, 7) is 1.61. The van der Waals surface area contributed by atoms with Gasteiger partial charge in [-0.2, -0.15) is 0 Å². The van der Waals surface area contributed by atoms with Crippen LogP contribution in [0.4, 0.5) is 0 Å². The van der Waals surface area contributed by atoms with Gasteiger partial charge in [-0.15, -0.1) is 0 Å². The molecule has 4 heteroatoms. The maximum Gasteiger partial charge on any atom is 0.115 e. The molecule has 1 aromatic carbocycles. The van der Waals surface area contributed by atoms with E-state index in [1.54, 1.807) is 12.1 Å². The fourth-order valence-electron chi connectivity index (χ4n) is 1.86. The second kappa shape index (κ2) is 4.80. The van der Waals surface area contributed by atoms with Crippen molar-refractivity contribution in [2.24, 2.45) is 0 Å². The highest BCUT2D eigenvalue weighted by Crippen LogP contribution is 2.16. The summed E-state index contributed by atoms with van der Waals surface area (Å²) in [4.78, 5) is 2.90. The van der Waals surface area contributed by atoms with Crippen LogP contribution in [-0.4, -0.2) is 39.3 Å². The highest BCUT2D eigenvalue weighted by Gasteiger charge is 2.19. The predicted molar refractivity (Wildman–Crippen MR) is 66.6 cm³/mol. The van der Waals surface area contributed by atoms with E-state index in [-0.39, 0.29) is 11.9 Å². The molecule has 0 atom stereocenters. The molecule has 0 saturated carbocycles. The molecule has 0 bridgehead atoms. The number of aromatic hydroxyl groups is 1. The third kappa shape index (κ3) is 2.51. The molecule has 1 saturated heterocycles. The summed E-state index contributed by atoms with van der Waals surface area (Å²) < 4.78 is 0. The molecule has 1 aliphatic rings. The maximum atomic E-state index is 9.41. The highest BCUT2D eigenvalue weighted by molar-refractivity contribution is 7.80. The number of thiocarbonyl (C=S) groups is 1. The molecular weight excluding hydrogens is 222 g/mol. The molecule has 2 N–H and O–H groups in total. The van der Waals surface area contributed by atoms with Crippen LogP contribution < -0.4 is 0 Å². The lowest BCUT2D eigenvalue weighted by molar-refractivity contribution is 0.110. The molecule has 3 nitrogen and oxygen atoms in total. The van der Waals surface area contributed by atoms with Gasteiger partial charge in [0.05, 0.1) is 6.10 Å². The number of rotatable bonds is 1. The monoisotopic (exact) mass is 237 g/mol. The van der Waals surface area contributed by atoms with Crippen molar-refractivity contribution in [1.82, 2.24) is 4.90 Å². The quantitative estimate of drug-likeness (QED) is 0.727. The number of phenolic OH excluding ortho intramolecular Hbond substituents is 1. The third-order valence-corrected chi connectivity index (χ3v) is 3.36. The Morgan fingerprint density at radius 3 is 2.31 bits per heavy atom. The van der Waals surface area contributed by atoms with Crippen molar-refractivity contribution < 1.29 is 10.2 Å². The lowest BCUT2D eigenvalue weighted by Crippen LogP contribution is -2.39. The number of piperidine rings is 1. The van der Waals surface area contributed by atoms with Gasteiger partial charge in [0, 0.05) is 18.7 Å². The van der Waals surface area contributed by atoms with E-state index in [1.807, 2.05) is 12.1 Å². The summed E-state index contributed by atoms with van der Waals surface area (Å²) in [5.41, 5.74) is 0.948. The van der Waals surface area contributed by atoms with Crippen LogP contribution in [0.5, 0.6) is 5.75 Å². The number of hydrogen-bond acceptors (Lipinski definition) is 3. The van der Waals surface area contributed by atoms with Crippen molar-refractivity contribution in [1.29, 1.82) is 0 Å². The van der Waals surface area contributed by atoms with Gasteiger partial charge < -0.3 is 15.1 Å². The molecule has 0 spiro atoms. The molecular formula is C12H15NO2S. The SMILES string of the molecule is Oc1ccc(C(=S)N2CCC(O)CC2)cc1. The van der Waals surface area contributed by atoms with Gasteiger partial charge >= 0.3 is 0 Å². The normalized spacial score (nSPS) is 17.4. The van der Waals surface area contributed by atoms with Crippen LogP contribution in [0.2, 0.25) is 0 Å². The van der Waals surface area contributed by atoms with Gasteiger partial charge in [0.1, 0.15) is 10.7 Å². The predicted octanol–water partition coefficient (Wildman–Crippen LogP) is 1.52. The molecule has 0 unspecified atom stereocenters. The summed E-state index contributed by atoms with van der Waals surface area (Å²) in [5, 5.41) is 18.6. The zero-order valence-electron chi connectivity index (χ0n) is 8.97. The Labute approximate surface area is 100 Å². The van der Waals surface area contributed by atoms with Crippen molar-refractivity contribution in [3.05, 3.63) is 29.8 Å². The van der Waals surface area contributed by atoms with E-state index in [0.29, 0.717) is 0 Å². The zero-order chi connectivity index (χ0) is 11.5. The first-order valence-corrected chi connectivity index (χ1v) is 5.84. The van der Waals surface area contributed by atoms with E-state index in [1.165, 1.54) is 0 Å². The smallest absolute Gasteiger partial charge is 0.115 e. The fraction of sp³-hybridized carbons (Fsp3) is 0.417. The van der Waals surface area contributed by atoms with Crippen LogP contribution in [0, 0.1) is 0 Å². The molecule has 0 aromatic heterocycles. The largest absolute Gasteiger partial charge is 0.508 e. The first kappa shape index (κ1) is 11.4. The summed E-state index contributed by atoms with van der Waals surface area (Å²) in [5.74, 6) is 0.251. The van der Waals surface area contributed by atoms with E-state index in [9.17, 15) is 10.2 Å². The van der Waals surface area contributed by atoms with Crippen molar-refractivity contribution in [3.8, 4) is 5.75 Å². The van der Waals surface area contributed by atoms with E-state index in [4.69, 9.17) is 12.2 Å². The minimum Gasteiger partial charge on any atom is -0.508 e. The molecule has 1 aliphatic heterocycles. The summed E-state index contributed by atoms with van der Waals surface area (Å²) in [6, 6.07) is 6.92.